The summed E-state index contributed by atoms with van der Waals surface area (Å²) in [6.07, 6.45) is 3.53. The monoisotopic (exact) mass is 287 g/mol. The van der Waals surface area contributed by atoms with Crippen molar-refractivity contribution in [3.05, 3.63) is 48.3 Å². The standard InChI is InChI=1S/C16H21N3O2/c1-13(12-20)6-5-10-17-16(21)15-9-11-19(18-15)14-7-3-2-4-8-14/h2-4,7-9,11,13,20H,5-6,10,12H2,1H3,(H,17,21). The average molecular weight is 287 g/mol. The van der Waals surface area contributed by atoms with Gasteiger partial charge in [0.05, 0.1) is 5.69 Å². The van der Waals surface area contributed by atoms with Crippen LogP contribution in [0.4, 0.5) is 0 Å². The van der Waals surface area contributed by atoms with E-state index in [0.29, 0.717) is 12.2 Å². The molecule has 2 rings (SSSR count). The summed E-state index contributed by atoms with van der Waals surface area (Å²) >= 11 is 0. The Morgan fingerprint density at radius 1 is 1.33 bits per heavy atom. The molecule has 0 saturated carbocycles. The fourth-order valence-electron chi connectivity index (χ4n) is 2.00. The predicted molar refractivity (Wildman–Crippen MR) is 81.4 cm³/mol. The Balaban J connectivity index is 1.85. The van der Waals surface area contributed by atoms with E-state index in [1.165, 1.54) is 0 Å². The van der Waals surface area contributed by atoms with E-state index in [9.17, 15) is 4.79 Å². The number of amides is 1. The van der Waals surface area contributed by atoms with Crippen molar-refractivity contribution in [1.82, 2.24) is 15.1 Å². The van der Waals surface area contributed by atoms with Gasteiger partial charge in [0, 0.05) is 19.3 Å². The lowest BCUT2D eigenvalue weighted by atomic mass is 10.1. The van der Waals surface area contributed by atoms with Crippen LogP contribution in [0, 0.1) is 5.92 Å². The van der Waals surface area contributed by atoms with Crippen molar-refractivity contribution in [3.8, 4) is 5.69 Å². The third-order valence-corrected chi connectivity index (χ3v) is 3.31. The zero-order valence-corrected chi connectivity index (χ0v) is 12.2. The quantitative estimate of drug-likeness (QED) is 0.766. The summed E-state index contributed by atoms with van der Waals surface area (Å²) in [6, 6.07) is 11.4. The second-order valence-corrected chi connectivity index (χ2v) is 5.17. The minimum Gasteiger partial charge on any atom is -0.396 e. The van der Waals surface area contributed by atoms with Crippen LogP contribution in [0.3, 0.4) is 0 Å². The van der Waals surface area contributed by atoms with E-state index in [4.69, 9.17) is 5.11 Å². The molecule has 2 N–H and O–H groups in total. The van der Waals surface area contributed by atoms with Gasteiger partial charge in [0.15, 0.2) is 5.69 Å². The van der Waals surface area contributed by atoms with Gasteiger partial charge in [-0.05, 0) is 37.0 Å². The molecule has 0 aliphatic heterocycles. The third kappa shape index (κ3) is 4.43. The van der Waals surface area contributed by atoms with Crippen LogP contribution in [0.5, 0.6) is 0 Å². The van der Waals surface area contributed by atoms with E-state index in [1.807, 2.05) is 37.3 Å². The number of hydrogen-bond acceptors (Lipinski definition) is 3. The highest BCUT2D eigenvalue weighted by Crippen LogP contribution is 2.07. The first-order valence-corrected chi connectivity index (χ1v) is 7.21. The number of benzene rings is 1. The number of carbonyl (C=O) groups excluding carboxylic acids is 1. The fraction of sp³-hybridized carbons (Fsp3) is 0.375. The molecule has 2 aromatic rings. The summed E-state index contributed by atoms with van der Waals surface area (Å²) in [4.78, 5) is 12.0. The smallest absolute Gasteiger partial charge is 0.271 e. The van der Waals surface area contributed by atoms with Crippen molar-refractivity contribution in [3.63, 3.8) is 0 Å². The number of carbonyl (C=O) groups is 1. The number of para-hydroxylation sites is 1. The van der Waals surface area contributed by atoms with Gasteiger partial charge >= 0.3 is 0 Å². The lowest BCUT2D eigenvalue weighted by Gasteiger charge is -2.07. The second-order valence-electron chi connectivity index (χ2n) is 5.17. The topological polar surface area (TPSA) is 67.2 Å². The number of aliphatic hydroxyl groups excluding tert-OH is 1. The van der Waals surface area contributed by atoms with Crippen LogP contribution in [0.15, 0.2) is 42.6 Å². The molecular formula is C16H21N3O2. The first-order valence-electron chi connectivity index (χ1n) is 7.21. The van der Waals surface area contributed by atoms with Gasteiger partial charge in [-0.15, -0.1) is 0 Å². The normalized spacial score (nSPS) is 12.1. The zero-order valence-electron chi connectivity index (χ0n) is 12.2. The highest BCUT2D eigenvalue weighted by Gasteiger charge is 2.09. The minimum atomic E-state index is -0.165. The SMILES string of the molecule is CC(CO)CCCNC(=O)c1ccn(-c2ccccc2)n1. The summed E-state index contributed by atoms with van der Waals surface area (Å²) in [5.74, 6) is 0.112. The summed E-state index contributed by atoms with van der Waals surface area (Å²) in [5.41, 5.74) is 1.34. The Kier molecular flexibility index (Phi) is 5.51. The molecule has 1 unspecified atom stereocenters. The van der Waals surface area contributed by atoms with Gasteiger partial charge < -0.3 is 10.4 Å². The van der Waals surface area contributed by atoms with Crippen LogP contribution in [-0.2, 0) is 0 Å². The Hall–Kier alpha value is -2.14. The number of nitrogens with zero attached hydrogens (tertiary/aromatic N) is 2. The van der Waals surface area contributed by atoms with Gasteiger partial charge in [-0.2, -0.15) is 5.10 Å². The van der Waals surface area contributed by atoms with E-state index in [0.717, 1.165) is 18.5 Å². The average Bonchev–Trinajstić information content (AvgIpc) is 3.02. The highest BCUT2D eigenvalue weighted by molar-refractivity contribution is 5.92. The number of rotatable bonds is 7. The largest absolute Gasteiger partial charge is 0.396 e. The Labute approximate surface area is 124 Å². The molecule has 21 heavy (non-hydrogen) atoms. The maximum absolute atomic E-state index is 12.0. The van der Waals surface area contributed by atoms with Crippen LogP contribution in [0.2, 0.25) is 0 Å². The van der Waals surface area contributed by atoms with Crippen molar-refractivity contribution in [2.45, 2.75) is 19.8 Å². The molecule has 1 heterocycles. The molecule has 0 bridgehead atoms. The molecule has 0 fully saturated rings. The van der Waals surface area contributed by atoms with Crippen LogP contribution in [0.25, 0.3) is 5.69 Å². The van der Waals surface area contributed by atoms with Gasteiger partial charge in [-0.25, -0.2) is 4.68 Å². The van der Waals surface area contributed by atoms with Crippen LogP contribution >= 0.6 is 0 Å². The molecule has 0 spiro atoms. The number of nitrogens with one attached hydrogen (secondary N) is 1. The maximum atomic E-state index is 12.0. The molecule has 0 radical (unpaired) electrons. The van der Waals surface area contributed by atoms with E-state index in [2.05, 4.69) is 10.4 Å². The van der Waals surface area contributed by atoms with Gasteiger partial charge in [0.2, 0.25) is 0 Å². The molecule has 5 nitrogen and oxygen atoms in total. The molecule has 1 atom stereocenters. The fourth-order valence-corrected chi connectivity index (χ4v) is 2.00. The van der Waals surface area contributed by atoms with Crippen molar-refractivity contribution < 1.29 is 9.90 Å². The van der Waals surface area contributed by atoms with Crippen molar-refractivity contribution in [2.75, 3.05) is 13.2 Å². The van der Waals surface area contributed by atoms with E-state index < -0.39 is 0 Å². The van der Waals surface area contributed by atoms with Gasteiger partial charge in [-0.1, -0.05) is 25.1 Å². The van der Waals surface area contributed by atoms with Crippen molar-refractivity contribution in [1.29, 1.82) is 0 Å². The van der Waals surface area contributed by atoms with E-state index >= 15 is 0 Å². The van der Waals surface area contributed by atoms with Crippen LogP contribution in [0.1, 0.15) is 30.3 Å². The van der Waals surface area contributed by atoms with Crippen LogP contribution in [-0.4, -0.2) is 33.9 Å². The summed E-state index contributed by atoms with van der Waals surface area (Å²) < 4.78 is 1.68. The number of hydrogen-bond donors (Lipinski definition) is 2. The van der Waals surface area contributed by atoms with E-state index in [1.54, 1.807) is 16.9 Å². The maximum Gasteiger partial charge on any atom is 0.271 e. The first-order chi connectivity index (χ1) is 10.2. The zero-order chi connectivity index (χ0) is 15.1. The van der Waals surface area contributed by atoms with Gasteiger partial charge in [0.1, 0.15) is 0 Å². The van der Waals surface area contributed by atoms with Crippen molar-refractivity contribution >= 4 is 5.91 Å². The first kappa shape index (κ1) is 15.3. The molecule has 1 amide bonds. The Bertz CT molecular complexity index is 566. The number of aromatic nitrogens is 2. The molecular weight excluding hydrogens is 266 g/mol. The summed E-state index contributed by atoms with van der Waals surface area (Å²) in [6.45, 7) is 2.78. The molecule has 0 saturated heterocycles. The lowest BCUT2D eigenvalue weighted by molar-refractivity contribution is 0.0946. The molecule has 0 aliphatic rings. The molecule has 0 aliphatic carbocycles. The van der Waals surface area contributed by atoms with Crippen molar-refractivity contribution in [2.24, 2.45) is 5.92 Å². The Morgan fingerprint density at radius 2 is 2.10 bits per heavy atom. The van der Waals surface area contributed by atoms with Gasteiger partial charge in [0.25, 0.3) is 5.91 Å². The number of aliphatic hydroxyl groups is 1. The minimum absolute atomic E-state index is 0.165. The Morgan fingerprint density at radius 3 is 2.81 bits per heavy atom. The second kappa shape index (κ2) is 7.59. The third-order valence-electron chi connectivity index (χ3n) is 3.31. The summed E-state index contributed by atoms with van der Waals surface area (Å²) in [7, 11) is 0. The molecule has 1 aromatic carbocycles. The van der Waals surface area contributed by atoms with Gasteiger partial charge in [-0.3, -0.25) is 4.79 Å². The van der Waals surface area contributed by atoms with E-state index in [-0.39, 0.29) is 18.4 Å². The molecule has 1 aromatic heterocycles. The highest BCUT2D eigenvalue weighted by atomic mass is 16.3. The summed E-state index contributed by atoms with van der Waals surface area (Å²) in [5, 5.41) is 16.1. The van der Waals surface area contributed by atoms with Crippen LogP contribution < -0.4 is 5.32 Å². The molecule has 5 heteroatoms. The predicted octanol–water partition coefficient (Wildman–Crippen LogP) is 2.01. The lowest BCUT2D eigenvalue weighted by Crippen LogP contribution is -2.25. The molecule has 112 valence electrons.